The lowest BCUT2D eigenvalue weighted by Gasteiger charge is -2.26. The zero-order valence-corrected chi connectivity index (χ0v) is 35.0. The molecule has 0 amide bonds. The van der Waals surface area contributed by atoms with Crippen molar-refractivity contribution in [2.24, 2.45) is 0 Å². The van der Waals surface area contributed by atoms with E-state index >= 15 is 0 Å². The molecular formula is C62H40N2. The average molecular weight is 813 g/mol. The molecule has 0 aliphatic heterocycles. The van der Waals surface area contributed by atoms with Crippen LogP contribution in [0.25, 0.3) is 104 Å². The maximum atomic E-state index is 2.51. The zero-order valence-electron chi connectivity index (χ0n) is 35.0. The molecule has 0 aliphatic carbocycles. The van der Waals surface area contributed by atoms with Crippen LogP contribution in [0, 0.1) is 0 Å². The predicted molar refractivity (Wildman–Crippen MR) is 273 cm³/mol. The van der Waals surface area contributed by atoms with Crippen LogP contribution in [0.4, 0.5) is 17.1 Å². The van der Waals surface area contributed by atoms with Gasteiger partial charge in [-0.3, -0.25) is 0 Å². The Morgan fingerprint density at radius 1 is 0.250 bits per heavy atom. The molecule has 0 saturated heterocycles. The number of hydrogen-bond donors (Lipinski definition) is 0. The van der Waals surface area contributed by atoms with Gasteiger partial charge in [-0.05, 0) is 126 Å². The van der Waals surface area contributed by atoms with Crippen molar-refractivity contribution >= 4 is 82.0 Å². The number of rotatable bonds is 7. The van der Waals surface area contributed by atoms with Gasteiger partial charge in [-0.1, -0.05) is 188 Å². The minimum absolute atomic E-state index is 1.10. The van der Waals surface area contributed by atoms with Gasteiger partial charge in [0.05, 0.1) is 16.7 Å². The molecule has 12 aromatic carbocycles. The van der Waals surface area contributed by atoms with E-state index in [1.807, 2.05) is 0 Å². The maximum Gasteiger partial charge on any atom is 0.0553 e. The van der Waals surface area contributed by atoms with Gasteiger partial charge in [0.1, 0.15) is 0 Å². The second-order valence-corrected chi connectivity index (χ2v) is 16.9. The molecule has 1 aromatic heterocycles. The molecule has 0 spiro atoms. The highest BCUT2D eigenvalue weighted by atomic mass is 15.1. The molecule has 0 fully saturated rings. The first kappa shape index (κ1) is 36.2. The van der Waals surface area contributed by atoms with E-state index in [2.05, 4.69) is 252 Å². The second-order valence-electron chi connectivity index (χ2n) is 16.9. The van der Waals surface area contributed by atoms with Crippen molar-refractivity contribution in [1.82, 2.24) is 4.57 Å². The number of aromatic nitrogens is 1. The highest BCUT2D eigenvalue weighted by Gasteiger charge is 2.21. The molecule has 0 unspecified atom stereocenters. The van der Waals surface area contributed by atoms with Crippen LogP contribution in [0.15, 0.2) is 243 Å². The summed E-state index contributed by atoms with van der Waals surface area (Å²) >= 11 is 0. The van der Waals surface area contributed by atoms with E-state index in [9.17, 15) is 0 Å². The van der Waals surface area contributed by atoms with Gasteiger partial charge in [-0.2, -0.15) is 0 Å². The first-order valence-electron chi connectivity index (χ1n) is 22.1. The van der Waals surface area contributed by atoms with Crippen LogP contribution >= 0.6 is 0 Å². The first-order chi connectivity index (χ1) is 31.7. The summed E-state index contributed by atoms with van der Waals surface area (Å²) < 4.78 is 2.51. The Hall–Kier alpha value is -8.46. The summed E-state index contributed by atoms with van der Waals surface area (Å²) in [6.07, 6.45) is 0. The van der Waals surface area contributed by atoms with Crippen LogP contribution < -0.4 is 4.90 Å². The molecule has 0 saturated carbocycles. The van der Waals surface area contributed by atoms with Gasteiger partial charge in [0, 0.05) is 33.2 Å². The second kappa shape index (κ2) is 14.6. The fraction of sp³-hybridized carbons (Fsp3) is 0. The zero-order chi connectivity index (χ0) is 42.1. The third-order valence-corrected chi connectivity index (χ3v) is 13.3. The van der Waals surface area contributed by atoms with Crippen LogP contribution in [0.2, 0.25) is 0 Å². The lowest BCUT2D eigenvalue weighted by atomic mass is 9.92. The van der Waals surface area contributed by atoms with Crippen molar-refractivity contribution in [2.45, 2.75) is 0 Å². The van der Waals surface area contributed by atoms with Crippen molar-refractivity contribution in [3.8, 4) is 39.1 Å². The number of nitrogens with zero attached hydrogens (tertiary/aromatic N) is 2. The van der Waals surface area contributed by atoms with E-state index in [-0.39, 0.29) is 0 Å². The molecule has 0 bridgehead atoms. The Bertz CT molecular complexity index is 3740. The summed E-state index contributed by atoms with van der Waals surface area (Å²) in [6, 6.07) is 88.9. The van der Waals surface area contributed by atoms with Gasteiger partial charge in [-0.15, -0.1) is 0 Å². The summed E-state index contributed by atoms with van der Waals surface area (Å²) in [7, 11) is 0. The fourth-order valence-electron chi connectivity index (χ4n) is 10.3. The minimum Gasteiger partial charge on any atom is -0.311 e. The Kier molecular flexibility index (Phi) is 8.25. The Morgan fingerprint density at radius 2 is 0.719 bits per heavy atom. The normalized spacial score (nSPS) is 11.8. The quantitative estimate of drug-likeness (QED) is 0.146. The van der Waals surface area contributed by atoms with Gasteiger partial charge in [0.2, 0.25) is 0 Å². The van der Waals surface area contributed by atoms with Gasteiger partial charge in [0.15, 0.2) is 0 Å². The van der Waals surface area contributed by atoms with Gasteiger partial charge < -0.3 is 9.47 Å². The molecule has 1 heterocycles. The molecule has 0 aliphatic rings. The first-order valence-corrected chi connectivity index (χ1v) is 22.1. The third kappa shape index (κ3) is 5.81. The smallest absolute Gasteiger partial charge is 0.0553 e. The van der Waals surface area contributed by atoms with Gasteiger partial charge in [0.25, 0.3) is 0 Å². The molecule has 2 heteroatoms. The van der Waals surface area contributed by atoms with Gasteiger partial charge in [-0.25, -0.2) is 0 Å². The van der Waals surface area contributed by atoms with E-state index in [1.54, 1.807) is 0 Å². The third-order valence-electron chi connectivity index (χ3n) is 13.3. The largest absolute Gasteiger partial charge is 0.311 e. The van der Waals surface area contributed by atoms with Crippen LogP contribution in [0.3, 0.4) is 0 Å². The lowest BCUT2D eigenvalue weighted by molar-refractivity contribution is 1.20. The molecular weight excluding hydrogens is 773 g/mol. The molecule has 0 atom stereocenters. The van der Waals surface area contributed by atoms with Gasteiger partial charge >= 0.3 is 0 Å². The highest BCUT2D eigenvalue weighted by molar-refractivity contribution is 6.33. The minimum atomic E-state index is 1.10. The van der Waals surface area contributed by atoms with E-state index in [0.29, 0.717) is 0 Å². The lowest BCUT2D eigenvalue weighted by Crippen LogP contribution is -2.09. The molecule has 0 radical (unpaired) electrons. The Morgan fingerprint density at radius 3 is 1.36 bits per heavy atom. The molecule has 13 rings (SSSR count). The van der Waals surface area contributed by atoms with E-state index in [0.717, 1.165) is 17.1 Å². The van der Waals surface area contributed by atoms with Crippen LogP contribution in [-0.4, -0.2) is 4.57 Å². The van der Waals surface area contributed by atoms with E-state index in [1.165, 1.54) is 104 Å². The van der Waals surface area contributed by atoms with Crippen molar-refractivity contribution in [3.63, 3.8) is 0 Å². The van der Waals surface area contributed by atoms with E-state index < -0.39 is 0 Å². The molecule has 64 heavy (non-hydrogen) atoms. The fourth-order valence-corrected chi connectivity index (χ4v) is 10.3. The Labute approximate surface area is 371 Å². The molecule has 0 N–H and O–H groups in total. The predicted octanol–water partition coefficient (Wildman–Crippen LogP) is 17.3. The molecule has 13 aromatic rings. The number of hydrogen-bond acceptors (Lipinski definition) is 1. The topological polar surface area (TPSA) is 8.17 Å². The van der Waals surface area contributed by atoms with Crippen molar-refractivity contribution < 1.29 is 0 Å². The van der Waals surface area contributed by atoms with Crippen LogP contribution in [0.1, 0.15) is 0 Å². The standard InChI is InChI=1S/C62H40N2/c1-3-11-41(12-4-1)43-23-31-51(32-24-43)63(52-33-25-44(26-34-52)42-13-5-2-6-14-42)53-35-27-45(28-36-53)49-30-37-55-58(39-49)64(57-20-10-16-46-15-7-8-19-54(46)57)59-40-50-22-21-47-17-9-18-48-29-38-56(62(55)59)61(50)60(47)48/h1-40H. The molecule has 2 nitrogen and oxygen atoms in total. The monoisotopic (exact) mass is 812 g/mol. The maximum absolute atomic E-state index is 2.51. The SMILES string of the molecule is c1ccc(-c2ccc(N(c3ccc(-c4ccccc4)cc3)c3ccc(-c4ccc5c6c7ccc8cccc9ccc(cc6n(-c6cccc%10ccccc6%10)c5c4)c7c98)cc3)cc2)cc1. The van der Waals surface area contributed by atoms with Crippen LogP contribution in [0.5, 0.6) is 0 Å². The number of anilines is 3. The number of fused-ring (bicyclic) bond motifs is 5. The van der Waals surface area contributed by atoms with E-state index in [4.69, 9.17) is 0 Å². The van der Waals surface area contributed by atoms with Crippen LogP contribution in [-0.2, 0) is 0 Å². The summed E-state index contributed by atoms with van der Waals surface area (Å²) in [5, 5.41) is 12.8. The van der Waals surface area contributed by atoms with Crippen molar-refractivity contribution in [2.75, 3.05) is 4.90 Å². The summed E-state index contributed by atoms with van der Waals surface area (Å²) in [5.74, 6) is 0. The Balaban J connectivity index is 0.967. The average Bonchev–Trinajstić information content (AvgIpc) is 3.69. The number of benzene rings is 12. The summed E-state index contributed by atoms with van der Waals surface area (Å²) in [6.45, 7) is 0. The van der Waals surface area contributed by atoms with Crippen molar-refractivity contribution in [1.29, 1.82) is 0 Å². The van der Waals surface area contributed by atoms with Crippen molar-refractivity contribution in [3.05, 3.63) is 243 Å². The highest BCUT2D eigenvalue weighted by Crippen LogP contribution is 2.45. The molecule has 298 valence electrons. The summed E-state index contributed by atoms with van der Waals surface area (Å²) in [4.78, 5) is 2.35. The summed E-state index contributed by atoms with van der Waals surface area (Å²) in [5.41, 5.74) is 14.1.